The fourth-order valence-electron chi connectivity index (χ4n) is 1.35. The molecule has 2 aromatic carbocycles. The Morgan fingerprint density at radius 3 is 1.29 bits per heavy atom. The average Bonchev–Trinajstić information content (AvgIpc) is 2.48. The van der Waals surface area contributed by atoms with Crippen molar-refractivity contribution in [2.45, 2.75) is 20.8 Å². The topological polar surface area (TPSA) is 43.4 Å². The Hall–Kier alpha value is -2.42. The zero-order valence-corrected chi connectivity index (χ0v) is 12.6. The normalized spacial score (nSPS) is 9.52. The van der Waals surface area contributed by atoms with Gasteiger partial charge < -0.3 is 4.74 Å². The number of hydrogen-bond donors (Lipinski definition) is 0. The van der Waals surface area contributed by atoms with E-state index < -0.39 is 11.9 Å². The molecule has 0 aliphatic carbocycles. The van der Waals surface area contributed by atoms with E-state index in [1.807, 2.05) is 0 Å². The first-order valence-corrected chi connectivity index (χ1v) is 6.87. The van der Waals surface area contributed by atoms with Gasteiger partial charge in [0, 0.05) is 0 Å². The molecule has 0 aliphatic heterocycles. The molecule has 3 heteroatoms. The molecule has 21 heavy (non-hydrogen) atoms. The van der Waals surface area contributed by atoms with Crippen molar-refractivity contribution in [2.24, 2.45) is 5.92 Å². The molecule has 0 N–H and O–H groups in total. The van der Waals surface area contributed by atoms with Crippen LogP contribution in [0, 0.1) is 5.92 Å². The standard InChI is InChI=1S/C14H10O3.C4H10/c15-13(11-7-3-1-4-8-11)17-14(16)12-9-5-2-6-10-12;1-4(2)3/h1-10H;4H,1-3H3. The van der Waals surface area contributed by atoms with Gasteiger partial charge in [-0.3, -0.25) is 0 Å². The molecule has 3 nitrogen and oxygen atoms in total. The van der Waals surface area contributed by atoms with Gasteiger partial charge >= 0.3 is 11.9 Å². The molecule has 2 rings (SSSR count). The summed E-state index contributed by atoms with van der Waals surface area (Å²) in [5, 5.41) is 0. The quantitative estimate of drug-likeness (QED) is 0.608. The highest BCUT2D eigenvalue weighted by atomic mass is 16.6. The summed E-state index contributed by atoms with van der Waals surface area (Å²) in [5.74, 6) is -0.445. The van der Waals surface area contributed by atoms with Gasteiger partial charge in [-0.2, -0.15) is 0 Å². The lowest BCUT2D eigenvalue weighted by Crippen LogP contribution is -2.12. The monoisotopic (exact) mass is 284 g/mol. The van der Waals surface area contributed by atoms with E-state index in [0.29, 0.717) is 11.1 Å². The van der Waals surface area contributed by atoms with Gasteiger partial charge in [0.25, 0.3) is 0 Å². The highest BCUT2D eigenvalue weighted by molar-refractivity contribution is 6.02. The minimum Gasteiger partial charge on any atom is -0.386 e. The largest absolute Gasteiger partial charge is 0.386 e. The van der Waals surface area contributed by atoms with Gasteiger partial charge in [0.05, 0.1) is 11.1 Å². The number of hydrogen-bond acceptors (Lipinski definition) is 3. The van der Waals surface area contributed by atoms with Crippen LogP contribution in [0.1, 0.15) is 41.5 Å². The molecule has 0 amide bonds. The molecule has 0 fully saturated rings. The predicted molar refractivity (Wildman–Crippen MR) is 83.1 cm³/mol. The van der Waals surface area contributed by atoms with Crippen molar-refractivity contribution in [3.63, 3.8) is 0 Å². The molecule has 0 radical (unpaired) electrons. The van der Waals surface area contributed by atoms with Crippen LogP contribution >= 0.6 is 0 Å². The van der Waals surface area contributed by atoms with E-state index in [9.17, 15) is 9.59 Å². The van der Waals surface area contributed by atoms with Crippen molar-refractivity contribution in [1.82, 2.24) is 0 Å². The maximum atomic E-state index is 11.6. The van der Waals surface area contributed by atoms with Crippen LogP contribution < -0.4 is 0 Å². The summed E-state index contributed by atoms with van der Waals surface area (Å²) >= 11 is 0. The number of benzene rings is 2. The SMILES string of the molecule is CC(C)C.O=C(OC(=O)c1ccccc1)c1ccccc1. The van der Waals surface area contributed by atoms with E-state index >= 15 is 0 Å². The van der Waals surface area contributed by atoms with Crippen LogP contribution in [0.25, 0.3) is 0 Å². The maximum Gasteiger partial charge on any atom is 0.346 e. The molecule has 0 heterocycles. The second kappa shape index (κ2) is 8.69. The highest BCUT2D eigenvalue weighted by Crippen LogP contribution is 2.06. The van der Waals surface area contributed by atoms with Crippen LogP contribution in [-0.2, 0) is 4.74 Å². The summed E-state index contributed by atoms with van der Waals surface area (Å²) in [6.07, 6.45) is 0. The van der Waals surface area contributed by atoms with E-state index in [0.717, 1.165) is 5.92 Å². The van der Waals surface area contributed by atoms with Crippen molar-refractivity contribution >= 4 is 11.9 Å². The molecular weight excluding hydrogens is 264 g/mol. The van der Waals surface area contributed by atoms with Crippen molar-refractivity contribution in [1.29, 1.82) is 0 Å². The van der Waals surface area contributed by atoms with Crippen molar-refractivity contribution in [2.75, 3.05) is 0 Å². The molecule has 0 spiro atoms. The molecule has 0 unspecified atom stereocenters. The number of ether oxygens (including phenoxy) is 1. The lowest BCUT2D eigenvalue weighted by atomic mass is 10.2. The van der Waals surface area contributed by atoms with Gasteiger partial charge in [-0.1, -0.05) is 57.2 Å². The smallest absolute Gasteiger partial charge is 0.346 e. The van der Waals surface area contributed by atoms with Gasteiger partial charge in [-0.05, 0) is 30.2 Å². The summed E-state index contributed by atoms with van der Waals surface area (Å²) in [6.45, 7) is 6.50. The van der Waals surface area contributed by atoms with E-state index in [2.05, 4.69) is 20.8 Å². The summed E-state index contributed by atoms with van der Waals surface area (Å²) in [4.78, 5) is 23.2. The second-order valence-corrected chi connectivity index (χ2v) is 5.14. The van der Waals surface area contributed by atoms with Gasteiger partial charge in [-0.15, -0.1) is 0 Å². The Kier molecular flexibility index (Phi) is 6.88. The highest BCUT2D eigenvalue weighted by Gasteiger charge is 2.13. The van der Waals surface area contributed by atoms with E-state index in [1.54, 1.807) is 60.7 Å². The van der Waals surface area contributed by atoms with E-state index in [4.69, 9.17) is 4.74 Å². The molecular formula is C18H20O3. The molecule has 0 aromatic heterocycles. The third-order valence-electron chi connectivity index (χ3n) is 2.20. The van der Waals surface area contributed by atoms with Crippen molar-refractivity contribution < 1.29 is 14.3 Å². The zero-order valence-electron chi connectivity index (χ0n) is 12.6. The van der Waals surface area contributed by atoms with Gasteiger partial charge in [-0.25, -0.2) is 9.59 Å². The van der Waals surface area contributed by atoms with Crippen LogP contribution in [0.2, 0.25) is 0 Å². The fraction of sp³-hybridized carbons (Fsp3) is 0.222. The first-order valence-electron chi connectivity index (χ1n) is 6.87. The Balaban J connectivity index is 0.000000491. The summed E-state index contributed by atoms with van der Waals surface area (Å²) < 4.78 is 4.74. The molecule has 2 aromatic rings. The fourth-order valence-corrected chi connectivity index (χ4v) is 1.35. The van der Waals surface area contributed by atoms with Crippen molar-refractivity contribution in [3.8, 4) is 0 Å². The molecule has 0 bridgehead atoms. The summed E-state index contributed by atoms with van der Waals surface area (Å²) in [6, 6.07) is 16.8. The number of carbonyl (C=O) groups is 2. The Morgan fingerprint density at radius 1 is 0.714 bits per heavy atom. The van der Waals surface area contributed by atoms with E-state index in [-0.39, 0.29) is 0 Å². The number of carbonyl (C=O) groups excluding carboxylic acids is 2. The Labute approximate surface area is 125 Å². The maximum absolute atomic E-state index is 11.6. The molecule has 0 atom stereocenters. The number of rotatable bonds is 2. The summed E-state index contributed by atoms with van der Waals surface area (Å²) in [5.41, 5.74) is 0.716. The molecule has 110 valence electrons. The summed E-state index contributed by atoms with van der Waals surface area (Å²) in [7, 11) is 0. The zero-order chi connectivity index (χ0) is 15.7. The lowest BCUT2D eigenvalue weighted by Gasteiger charge is -2.02. The van der Waals surface area contributed by atoms with Gasteiger partial charge in [0.1, 0.15) is 0 Å². The first kappa shape index (κ1) is 16.6. The second-order valence-electron chi connectivity index (χ2n) is 5.14. The molecule has 0 saturated carbocycles. The Bertz CT molecular complexity index is 507. The van der Waals surface area contributed by atoms with Gasteiger partial charge in [0.15, 0.2) is 0 Å². The van der Waals surface area contributed by atoms with Crippen LogP contribution in [0.4, 0.5) is 0 Å². The average molecular weight is 284 g/mol. The Morgan fingerprint density at radius 2 is 1.00 bits per heavy atom. The third kappa shape index (κ3) is 6.52. The predicted octanol–water partition coefficient (Wildman–Crippen LogP) is 4.35. The van der Waals surface area contributed by atoms with E-state index in [1.165, 1.54) is 0 Å². The minimum absolute atomic E-state index is 0.358. The molecule has 0 saturated heterocycles. The van der Waals surface area contributed by atoms with Crippen molar-refractivity contribution in [3.05, 3.63) is 71.8 Å². The lowest BCUT2D eigenvalue weighted by molar-refractivity contribution is 0.0398. The van der Waals surface area contributed by atoms with Crippen LogP contribution in [0.3, 0.4) is 0 Å². The third-order valence-corrected chi connectivity index (χ3v) is 2.20. The van der Waals surface area contributed by atoms with Gasteiger partial charge in [0.2, 0.25) is 0 Å². The first-order chi connectivity index (χ1) is 10.0. The molecule has 0 aliphatic rings. The minimum atomic E-state index is -0.639. The van der Waals surface area contributed by atoms with Crippen LogP contribution in [-0.4, -0.2) is 11.9 Å². The van der Waals surface area contributed by atoms with Crippen LogP contribution in [0.5, 0.6) is 0 Å². The van der Waals surface area contributed by atoms with Crippen LogP contribution in [0.15, 0.2) is 60.7 Å². The number of esters is 2.